The lowest BCUT2D eigenvalue weighted by Gasteiger charge is -2.31. The normalized spacial score (nSPS) is 24.3. The highest BCUT2D eigenvalue weighted by Crippen LogP contribution is 2.37. The molecule has 0 bridgehead atoms. The smallest absolute Gasteiger partial charge is 0.416 e. The van der Waals surface area contributed by atoms with E-state index in [1.54, 1.807) is 0 Å². The van der Waals surface area contributed by atoms with Crippen LogP contribution in [0.2, 0.25) is 0 Å². The summed E-state index contributed by atoms with van der Waals surface area (Å²) < 4.78 is 42.9. The van der Waals surface area contributed by atoms with Crippen LogP contribution in [0.4, 0.5) is 18.9 Å². The summed E-state index contributed by atoms with van der Waals surface area (Å²) in [4.78, 5) is 0. The molecule has 2 atom stereocenters. The average Bonchev–Trinajstić information content (AvgIpc) is 2.17. The van der Waals surface area contributed by atoms with E-state index in [9.17, 15) is 13.2 Å². The number of rotatable bonds is 0. The number of ether oxygens (including phenoxy) is 1. The van der Waals surface area contributed by atoms with Crippen molar-refractivity contribution in [2.45, 2.75) is 32.2 Å². The SMILES string of the molecule is CC1Nc2cc(C(F)(F)F)ccc2OC1C. The highest BCUT2D eigenvalue weighted by Gasteiger charge is 2.32. The monoisotopic (exact) mass is 231 g/mol. The van der Waals surface area contributed by atoms with Gasteiger partial charge in [-0.15, -0.1) is 0 Å². The first-order valence-corrected chi connectivity index (χ1v) is 5.02. The van der Waals surface area contributed by atoms with E-state index in [1.807, 2.05) is 13.8 Å². The van der Waals surface area contributed by atoms with Gasteiger partial charge in [0, 0.05) is 0 Å². The molecule has 16 heavy (non-hydrogen) atoms. The maximum atomic E-state index is 12.5. The van der Waals surface area contributed by atoms with Gasteiger partial charge in [0.05, 0.1) is 17.3 Å². The number of fused-ring (bicyclic) bond motifs is 1. The number of halogens is 3. The van der Waals surface area contributed by atoms with E-state index in [0.29, 0.717) is 11.4 Å². The Hall–Kier alpha value is -1.39. The molecular formula is C11H12F3NO. The molecule has 0 saturated carbocycles. The standard InChI is InChI=1S/C11H12F3NO/c1-6-7(2)16-10-4-3-8(11(12,13)14)5-9(10)15-6/h3-7,15H,1-2H3. The van der Waals surface area contributed by atoms with Gasteiger partial charge in [0.25, 0.3) is 0 Å². The average molecular weight is 231 g/mol. The van der Waals surface area contributed by atoms with Crippen LogP contribution in [0, 0.1) is 0 Å². The fraction of sp³-hybridized carbons (Fsp3) is 0.455. The van der Waals surface area contributed by atoms with E-state index >= 15 is 0 Å². The number of alkyl halides is 3. The van der Waals surface area contributed by atoms with Crippen LogP contribution in [0.3, 0.4) is 0 Å². The Bertz CT molecular complexity index is 403. The van der Waals surface area contributed by atoms with E-state index in [2.05, 4.69) is 5.32 Å². The number of hydrogen-bond donors (Lipinski definition) is 1. The fourth-order valence-corrected chi connectivity index (χ4v) is 1.59. The second kappa shape index (κ2) is 3.57. The van der Waals surface area contributed by atoms with Crippen molar-refractivity contribution in [1.29, 1.82) is 0 Å². The topological polar surface area (TPSA) is 21.3 Å². The van der Waals surface area contributed by atoms with Gasteiger partial charge in [0.2, 0.25) is 0 Å². The zero-order chi connectivity index (χ0) is 11.9. The molecule has 2 nitrogen and oxygen atoms in total. The summed E-state index contributed by atoms with van der Waals surface area (Å²) in [5.74, 6) is 0.471. The second-order valence-corrected chi connectivity index (χ2v) is 3.96. The molecule has 0 saturated heterocycles. The molecule has 1 aromatic carbocycles. The fourth-order valence-electron chi connectivity index (χ4n) is 1.59. The Kier molecular flexibility index (Phi) is 2.48. The van der Waals surface area contributed by atoms with Gasteiger partial charge in [-0.3, -0.25) is 0 Å². The summed E-state index contributed by atoms with van der Waals surface area (Å²) >= 11 is 0. The van der Waals surface area contributed by atoms with Crippen molar-refractivity contribution in [2.24, 2.45) is 0 Å². The third kappa shape index (κ3) is 1.94. The summed E-state index contributed by atoms with van der Waals surface area (Å²) in [5, 5.41) is 3.00. The van der Waals surface area contributed by atoms with Crippen LogP contribution in [-0.2, 0) is 6.18 Å². The van der Waals surface area contributed by atoms with Crippen LogP contribution in [0.1, 0.15) is 19.4 Å². The summed E-state index contributed by atoms with van der Waals surface area (Å²) in [6.45, 7) is 3.74. The molecule has 0 aromatic heterocycles. The minimum atomic E-state index is -4.32. The van der Waals surface area contributed by atoms with Gasteiger partial charge >= 0.3 is 6.18 Å². The molecule has 0 amide bonds. The molecule has 0 fully saturated rings. The zero-order valence-corrected chi connectivity index (χ0v) is 8.93. The van der Waals surface area contributed by atoms with E-state index in [-0.39, 0.29) is 12.1 Å². The molecule has 0 radical (unpaired) electrons. The maximum Gasteiger partial charge on any atom is 0.416 e. The highest BCUT2D eigenvalue weighted by molar-refractivity contribution is 5.60. The van der Waals surface area contributed by atoms with Crippen LogP contribution < -0.4 is 10.1 Å². The highest BCUT2D eigenvalue weighted by atomic mass is 19.4. The van der Waals surface area contributed by atoms with Gasteiger partial charge < -0.3 is 10.1 Å². The molecule has 0 spiro atoms. The predicted octanol–water partition coefficient (Wildman–Crippen LogP) is 3.29. The second-order valence-electron chi connectivity index (χ2n) is 3.96. The molecular weight excluding hydrogens is 219 g/mol. The molecule has 5 heteroatoms. The van der Waals surface area contributed by atoms with Crippen LogP contribution in [-0.4, -0.2) is 12.1 Å². The first kappa shape index (κ1) is 11.1. The van der Waals surface area contributed by atoms with Crippen molar-refractivity contribution in [1.82, 2.24) is 0 Å². The van der Waals surface area contributed by atoms with Gasteiger partial charge in [-0.25, -0.2) is 0 Å². The summed E-state index contributed by atoms with van der Waals surface area (Å²) in [6.07, 6.45) is -4.37. The third-order valence-corrected chi connectivity index (χ3v) is 2.71. The Morgan fingerprint density at radius 3 is 2.56 bits per heavy atom. The van der Waals surface area contributed by atoms with Crippen LogP contribution >= 0.6 is 0 Å². The lowest BCUT2D eigenvalue weighted by atomic mass is 10.1. The molecule has 1 heterocycles. The number of nitrogens with one attached hydrogen (secondary N) is 1. The van der Waals surface area contributed by atoms with Crippen molar-refractivity contribution < 1.29 is 17.9 Å². The van der Waals surface area contributed by atoms with Gasteiger partial charge in [-0.1, -0.05) is 0 Å². The van der Waals surface area contributed by atoms with Crippen LogP contribution in [0.15, 0.2) is 18.2 Å². The quantitative estimate of drug-likeness (QED) is 0.739. The maximum absolute atomic E-state index is 12.5. The Labute approximate surface area is 91.4 Å². The first-order chi connectivity index (χ1) is 7.38. The minimum absolute atomic E-state index is 0.00372. The predicted molar refractivity (Wildman–Crippen MR) is 54.6 cm³/mol. The van der Waals surface area contributed by atoms with E-state index in [1.165, 1.54) is 6.07 Å². The van der Waals surface area contributed by atoms with Crippen LogP contribution in [0.5, 0.6) is 5.75 Å². The van der Waals surface area contributed by atoms with Gasteiger partial charge in [0.1, 0.15) is 11.9 Å². The molecule has 0 aliphatic carbocycles. The van der Waals surface area contributed by atoms with Crippen molar-refractivity contribution in [3.05, 3.63) is 23.8 Å². The Balaban J connectivity index is 2.37. The lowest BCUT2D eigenvalue weighted by molar-refractivity contribution is -0.137. The first-order valence-electron chi connectivity index (χ1n) is 5.02. The van der Waals surface area contributed by atoms with Crippen molar-refractivity contribution in [2.75, 3.05) is 5.32 Å². The van der Waals surface area contributed by atoms with Crippen molar-refractivity contribution in [3.8, 4) is 5.75 Å². The van der Waals surface area contributed by atoms with Crippen molar-refractivity contribution >= 4 is 5.69 Å². The largest absolute Gasteiger partial charge is 0.486 e. The summed E-state index contributed by atoms with van der Waals surface area (Å²) in [6, 6.07) is 3.46. The van der Waals surface area contributed by atoms with Crippen LogP contribution in [0.25, 0.3) is 0 Å². The molecule has 2 unspecified atom stereocenters. The molecule has 1 N–H and O–H groups in total. The molecule has 2 rings (SSSR count). The molecule has 1 aliphatic heterocycles. The van der Waals surface area contributed by atoms with Gasteiger partial charge in [0.15, 0.2) is 0 Å². The minimum Gasteiger partial charge on any atom is -0.486 e. The molecule has 1 aromatic rings. The summed E-state index contributed by atoms with van der Waals surface area (Å²) in [7, 11) is 0. The Morgan fingerprint density at radius 2 is 1.94 bits per heavy atom. The number of hydrogen-bond acceptors (Lipinski definition) is 2. The van der Waals surface area contributed by atoms with E-state index in [4.69, 9.17) is 4.74 Å². The third-order valence-electron chi connectivity index (χ3n) is 2.71. The van der Waals surface area contributed by atoms with Gasteiger partial charge in [-0.2, -0.15) is 13.2 Å². The van der Waals surface area contributed by atoms with Gasteiger partial charge in [-0.05, 0) is 32.0 Å². The molecule has 88 valence electrons. The summed E-state index contributed by atoms with van der Waals surface area (Å²) in [5.41, 5.74) is -0.260. The lowest BCUT2D eigenvalue weighted by Crippen LogP contribution is -2.37. The van der Waals surface area contributed by atoms with E-state index < -0.39 is 11.7 Å². The van der Waals surface area contributed by atoms with Crippen molar-refractivity contribution in [3.63, 3.8) is 0 Å². The Morgan fingerprint density at radius 1 is 1.25 bits per heavy atom. The molecule has 1 aliphatic rings. The number of anilines is 1. The number of benzene rings is 1. The zero-order valence-electron chi connectivity index (χ0n) is 8.93. The van der Waals surface area contributed by atoms with E-state index in [0.717, 1.165) is 12.1 Å².